The van der Waals surface area contributed by atoms with Crippen molar-refractivity contribution in [1.29, 1.82) is 0 Å². The molecule has 3 N–H and O–H groups in total. The lowest BCUT2D eigenvalue weighted by Crippen LogP contribution is -2.00. The first-order chi connectivity index (χ1) is 7.65. The Labute approximate surface area is 99.9 Å². The summed E-state index contributed by atoms with van der Waals surface area (Å²) in [5.74, 6) is 0.425. The number of nitrogens with zero attached hydrogens (tertiary/aromatic N) is 2. The van der Waals surface area contributed by atoms with Crippen molar-refractivity contribution < 1.29 is 4.39 Å². The molecule has 0 bridgehead atoms. The maximum Gasteiger partial charge on any atom is 0.229 e. The van der Waals surface area contributed by atoms with Gasteiger partial charge in [-0.05, 0) is 40.2 Å². The maximum absolute atomic E-state index is 12.8. The lowest BCUT2D eigenvalue weighted by atomic mass is 10.3. The van der Waals surface area contributed by atoms with E-state index < -0.39 is 0 Å². The van der Waals surface area contributed by atoms with Gasteiger partial charge in [-0.25, -0.2) is 9.37 Å². The first kappa shape index (κ1) is 10.8. The van der Waals surface area contributed by atoms with Gasteiger partial charge in [0.05, 0.1) is 5.69 Å². The Hall–Kier alpha value is -1.69. The summed E-state index contributed by atoms with van der Waals surface area (Å²) < 4.78 is 13.4. The molecule has 0 amide bonds. The zero-order valence-corrected chi connectivity index (χ0v) is 9.70. The Morgan fingerprint density at radius 1 is 1.31 bits per heavy atom. The third-order valence-electron chi connectivity index (χ3n) is 1.85. The number of nitrogens with one attached hydrogen (secondary N) is 1. The summed E-state index contributed by atoms with van der Waals surface area (Å²) in [5, 5.41) is 2.92. The number of nitrogens with two attached hydrogens (primary N) is 1. The fourth-order valence-electron chi connectivity index (χ4n) is 1.14. The Bertz CT molecular complexity index is 518. The van der Waals surface area contributed by atoms with Gasteiger partial charge in [-0.15, -0.1) is 0 Å². The van der Waals surface area contributed by atoms with Gasteiger partial charge in [0.25, 0.3) is 0 Å². The molecule has 0 radical (unpaired) electrons. The van der Waals surface area contributed by atoms with E-state index in [4.69, 9.17) is 5.73 Å². The van der Waals surface area contributed by atoms with E-state index in [-0.39, 0.29) is 5.82 Å². The predicted octanol–water partition coefficient (Wildman–Crippen LogP) is 2.70. The third kappa shape index (κ3) is 2.46. The highest BCUT2D eigenvalue weighted by Gasteiger charge is 2.03. The topological polar surface area (TPSA) is 63.8 Å². The summed E-state index contributed by atoms with van der Waals surface area (Å²) in [7, 11) is 0. The van der Waals surface area contributed by atoms with E-state index in [1.54, 1.807) is 18.3 Å². The normalized spacial score (nSPS) is 10.1. The smallest absolute Gasteiger partial charge is 0.229 e. The zero-order chi connectivity index (χ0) is 11.5. The first-order valence-electron chi connectivity index (χ1n) is 4.46. The number of hydrogen-bond acceptors (Lipinski definition) is 4. The molecular weight excluding hydrogens is 275 g/mol. The molecule has 4 nitrogen and oxygen atoms in total. The molecule has 16 heavy (non-hydrogen) atoms. The lowest BCUT2D eigenvalue weighted by molar-refractivity contribution is 0.627. The second-order valence-corrected chi connectivity index (χ2v) is 3.91. The van der Waals surface area contributed by atoms with Gasteiger partial charge in [-0.1, -0.05) is 0 Å². The Morgan fingerprint density at radius 3 is 2.81 bits per heavy atom. The number of hydrogen-bond donors (Lipinski definition) is 2. The summed E-state index contributed by atoms with van der Waals surface area (Å²) in [5.41, 5.74) is 6.18. The van der Waals surface area contributed by atoms with E-state index in [9.17, 15) is 4.39 Å². The Balaban J connectivity index is 2.27. The number of aromatic nitrogens is 2. The third-order valence-corrected chi connectivity index (χ3v) is 2.51. The Kier molecular flexibility index (Phi) is 3.00. The van der Waals surface area contributed by atoms with Crippen molar-refractivity contribution in [2.24, 2.45) is 0 Å². The van der Waals surface area contributed by atoms with Crippen LogP contribution in [0.1, 0.15) is 0 Å². The second kappa shape index (κ2) is 4.44. The highest BCUT2D eigenvalue weighted by molar-refractivity contribution is 9.10. The van der Waals surface area contributed by atoms with E-state index in [1.165, 1.54) is 12.1 Å². The quantitative estimate of drug-likeness (QED) is 0.889. The summed E-state index contributed by atoms with van der Waals surface area (Å²) in [6.07, 6.45) is 1.54. The van der Waals surface area contributed by atoms with Gasteiger partial charge in [-0.2, -0.15) is 4.98 Å². The monoisotopic (exact) mass is 282 g/mol. The van der Waals surface area contributed by atoms with Crippen molar-refractivity contribution in [3.63, 3.8) is 0 Å². The molecule has 82 valence electrons. The molecule has 6 heteroatoms. The molecule has 0 aliphatic rings. The molecule has 0 saturated carbocycles. The molecule has 2 aromatic rings. The van der Waals surface area contributed by atoms with E-state index in [2.05, 4.69) is 31.2 Å². The van der Waals surface area contributed by atoms with Crippen LogP contribution in [0.25, 0.3) is 0 Å². The minimum absolute atomic E-state index is 0.314. The number of benzene rings is 1. The van der Waals surface area contributed by atoms with Crippen molar-refractivity contribution in [1.82, 2.24) is 9.97 Å². The molecule has 0 aliphatic heterocycles. The van der Waals surface area contributed by atoms with Crippen molar-refractivity contribution in [2.75, 3.05) is 11.1 Å². The van der Waals surface area contributed by atoms with Gasteiger partial charge < -0.3 is 11.1 Å². The fraction of sp³-hybridized carbons (Fsp3) is 0. The minimum atomic E-state index is -0.314. The number of rotatable bonds is 2. The standard InChI is InChI=1S/C10H8BrFN4/c11-7-5-6(12)1-2-8(7)15-10-14-4-3-9(13)16-10/h1-5H,(H3,13,14,15,16). The molecule has 0 atom stereocenters. The number of anilines is 3. The average molecular weight is 283 g/mol. The van der Waals surface area contributed by atoms with Crippen LogP contribution in [0.4, 0.5) is 21.8 Å². The van der Waals surface area contributed by atoms with Gasteiger partial charge in [0.1, 0.15) is 11.6 Å². The maximum atomic E-state index is 12.8. The lowest BCUT2D eigenvalue weighted by Gasteiger charge is -2.06. The molecule has 1 aromatic heterocycles. The number of halogens is 2. The largest absolute Gasteiger partial charge is 0.384 e. The summed E-state index contributed by atoms with van der Waals surface area (Å²) in [6, 6.07) is 5.88. The van der Waals surface area contributed by atoms with E-state index in [1.807, 2.05) is 0 Å². The molecule has 0 spiro atoms. The molecule has 0 unspecified atom stereocenters. The van der Waals surface area contributed by atoms with Gasteiger partial charge in [0, 0.05) is 10.7 Å². The van der Waals surface area contributed by atoms with Crippen molar-refractivity contribution >= 4 is 33.4 Å². The minimum Gasteiger partial charge on any atom is -0.384 e. The van der Waals surface area contributed by atoms with Crippen LogP contribution in [0, 0.1) is 5.82 Å². The van der Waals surface area contributed by atoms with Gasteiger partial charge >= 0.3 is 0 Å². The van der Waals surface area contributed by atoms with Crippen LogP contribution in [-0.4, -0.2) is 9.97 Å². The fourth-order valence-corrected chi connectivity index (χ4v) is 1.59. The van der Waals surface area contributed by atoms with Gasteiger partial charge in [0.2, 0.25) is 5.95 Å². The van der Waals surface area contributed by atoms with Crippen molar-refractivity contribution in [2.45, 2.75) is 0 Å². The number of nitrogen functional groups attached to an aromatic ring is 1. The second-order valence-electron chi connectivity index (χ2n) is 3.05. The molecule has 2 rings (SSSR count). The van der Waals surface area contributed by atoms with Gasteiger partial charge in [-0.3, -0.25) is 0 Å². The van der Waals surface area contributed by atoms with E-state index in [0.29, 0.717) is 21.9 Å². The van der Waals surface area contributed by atoms with Gasteiger partial charge in [0.15, 0.2) is 0 Å². The SMILES string of the molecule is Nc1ccnc(Nc2ccc(F)cc2Br)n1. The molecule has 1 aromatic carbocycles. The summed E-state index contributed by atoms with van der Waals surface area (Å²) in [6.45, 7) is 0. The zero-order valence-electron chi connectivity index (χ0n) is 8.11. The highest BCUT2D eigenvalue weighted by atomic mass is 79.9. The van der Waals surface area contributed by atoms with Crippen LogP contribution in [0.5, 0.6) is 0 Å². The average Bonchev–Trinajstić information content (AvgIpc) is 2.22. The molecular formula is C10H8BrFN4. The van der Waals surface area contributed by atoms with E-state index in [0.717, 1.165) is 0 Å². The molecule has 1 heterocycles. The van der Waals surface area contributed by atoms with Crippen molar-refractivity contribution in [3.8, 4) is 0 Å². The highest BCUT2D eigenvalue weighted by Crippen LogP contribution is 2.25. The van der Waals surface area contributed by atoms with Crippen LogP contribution in [0.15, 0.2) is 34.9 Å². The molecule has 0 fully saturated rings. The van der Waals surface area contributed by atoms with Crippen LogP contribution in [-0.2, 0) is 0 Å². The van der Waals surface area contributed by atoms with Crippen LogP contribution < -0.4 is 11.1 Å². The van der Waals surface area contributed by atoms with Crippen LogP contribution in [0.3, 0.4) is 0 Å². The molecule has 0 aliphatic carbocycles. The molecule has 0 saturated heterocycles. The Morgan fingerprint density at radius 2 is 2.12 bits per heavy atom. The van der Waals surface area contributed by atoms with Crippen LogP contribution >= 0.6 is 15.9 Å². The van der Waals surface area contributed by atoms with Crippen LogP contribution in [0.2, 0.25) is 0 Å². The predicted molar refractivity (Wildman–Crippen MR) is 63.8 cm³/mol. The summed E-state index contributed by atoms with van der Waals surface area (Å²) >= 11 is 3.23. The van der Waals surface area contributed by atoms with Crippen molar-refractivity contribution in [3.05, 3.63) is 40.8 Å². The van der Waals surface area contributed by atoms with E-state index >= 15 is 0 Å². The summed E-state index contributed by atoms with van der Waals surface area (Å²) in [4.78, 5) is 7.95. The first-order valence-corrected chi connectivity index (χ1v) is 5.25.